The smallest absolute Gasteiger partial charge is 0.409 e. The third-order valence-electron chi connectivity index (χ3n) is 3.42. The Morgan fingerprint density at radius 2 is 1.82 bits per heavy atom. The van der Waals surface area contributed by atoms with Crippen molar-refractivity contribution < 1.29 is 19.4 Å². The van der Waals surface area contributed by atoms with E-state index in [2.05, 4.69) is 5.32 Å². The predicted octanol–water partition coefficient (Wildman–Crippen LogP) is 1.10. The third-order valence-corrected chi connectivity index (χ3v) is 3.42. The summed E-state index contributed by atoms with van der Waals surface area (Å²) < 4.78 is 4.96. The van der Waals surface area contributed by atoms with Crippen molar-refractivity contribution in [3.63, 3.8) is 0 Å². The molecule has 0 spiro atoms. The molecule has 0 aliphatic carbocycles. The maximum absolute atomic E-state index is 12.0. The van der Waals surface area contributed by atoms with E-state index in [-0.39, 0.29) is 24.3 Å². The van der Waals surface area contributed by atoms with Crippen molar-refractivity contribution in [2.75, 3.05) is 44.6 Å². The molecular weight excluding hydrogens is 286 g/mol. The number of hydrogen-bond donors (Lipinski definition) is 2. The SMILES string of the molecule is CCOC(=O)N1CCN(CC(=O)Nc2ccc(O)cc2)CC1. The van der Waals surface area contributed by atoms with Crippen LogP contribution in [0.5, 0.6) is 5.75 Å². The van der Waals surface area contributed by atoms with Gasteiger partial charge in [-0.15, -0.1) is 0 Å². The van der Waals surface area contributed by atoms with Crippen molar-refractivity contribution in [3.05, 3.63) is 24.3 Å². The summed E-state index contributed by atoms with van der Waals surface area (Å²) in [6.07, 6.45) is -0.296. The fraction of sp³-hybridized carbons (Fsp3) is 0.467. The van der Waals surface area contributed by atoms with Crippen LogP contribution in [0.15, 0.2) is 24.3 Å². The molecule has 0 bridgehead atoms. The molecule has 2 N–H and O–H groups in total. The van der Waals surface area contributed by atoms with E-state index in [1.54, 1.807) is 24.0 Å². The molecule has 1 heterocycles. The quantitative estimate of drug-likeness (QED) is 0.814. The first kappa shape index (κ1) is 16.1. The lowest BCUT2D eigenvalue weighted by atomic mass is 10.3. The largest absolute Gasteiger partial charge is 0.508 e. The zero-order chi connectivity index (χ0) is 15.9. The van der Waals surface area contributed by atoms with E-state index in [1.165, 1.54) is 12.1 Å². The highest BCUT2D eigenvalue weighted by atomic mass is 16.6. The lowest BCUT2D eigenvalue weighted by molar-refractivity contribution is -0.117. The summed E-state index contributed by atoms with van der Waals surface area (Å²) in [4.78, 5) is 27.2. The normalized spacial score (nSPS) is 15.4. The summed E-state index contributed by atoms with van der Waals surface area (Å²) in [7, 11) is 0. The van der Waals surface area contributed by atoms with E-state index in [0.29, 0.717) is 38.5 Å². The first-order valence-electron chi connectivity index (χ1n) is 7.31. The van der Waals surface area contributed by atoms with Crippen molar-refractivity contribution in [1.29, 1.82) is 0 Å². The predicted molar refractivity (Wildman–Crippen MR) is 81.8 cm³/mol. The Bertz CT molecular complexity index is 510. The molecule has 120 valence electrons. The number of carbonyl (C=O) groups is 2. The number of rotatable bonds is 4. The molecule has 0 radical (unpaired) electrons. The number of amides is 2. The van der Waals surface area contributed by atoms with Gasteiger partial charge in [0, 0.05) is 31.9 Å². The van der Waals surface area contributed by atoms with Gasteiger partial charge in [-0.2, -0.15) is 0 Å². The molecule has 1 saturated heterocycles. The second kappa shape index (κ2) is 7.65. The van der Waals surface area contributed by atoms with Crippen LogP contribution in [0.4, 0.5) is 10.5 Å². The number of aromatic hydroxyl groups is 1. The summed E-state index contributed by atoms with van der Waals surface area (Å²) in [6.45, 7) is 4.83. The number of benzene rings is 1. The van der Waals surface area contributed by atoms with Crippen molar-refractivity contribution in [3.8, 4) is 5.75 Å². The molecule has 0 unspecified atom stereocenters. The topological polar surface area (TPSA) is 82.1 Å². The molecule has 1 aliphatic heterocycles. The van der Waals surface area contributed by atoms with Crippen molar-refractivity contribution in [1.82, 2.24) is 9.80 Å². The average Bonchev–Trinajstić information content (AvgIpc) is 2.50. The van der Waals surface area contributed by atoms with Gasteiger partial charge in [0.1, 0.15) is 5.75 Å². The molecule has 2 amide bonds. The number of nitrogens with zero attached hydrogens (tertiary/aromatic N) is 2. The van der Waals surface area contributed by atoms with Crippen LogP contribution >= 0.6 is 0 Å². The minimum atomic E-state index is -0.296. The number of hydrogen-bond acceptors (Lipinski definition) is 5. The average molecular weight is 307 g/mol. The van der Waals surface area contributed by atoms with E-state index < -0.39 is 0 Å². The van der Waals surface area contributed by atoms with Crippen LogP contribution in [0, 0.1) is 0 Å². The van der Waals surface area contributed by atoms with Gasteiger partial charge in [-0.05, 0) is 31.2 Å². The number of phenolic OH excluding ortho intramolecular Hbond substituents is 1. The Morgan fingerprint density at radius 1 is 1.18 bits per heavy atom. The van der Waals surface area contributed by atoms with Gasteiger partial charge in [0.15, 0.2) is 0 Å². The van der Waals surface area contributed by atoms with Gasteiger partial charge in [-0.1, -0.05) is 0 Å². The molecule has 2 rings (SSSR count). The first-order chi connectivity index (χ1) is 10.6. The van der Waals surface area contributed by atoms with Crippen LogP contribution in [0.2, 0.25) is 0 Å². The van der Waals surface area contributed by atoms with Crippen LogP contribution in [-0.4, -0.2) is 66.2 Å². The summed E-state index contributed by atoms with van der Waals surface area (Å²) in [5, 5.41) is 12.0. The molecule has 1 aromatic rings. The van der Waals surface area contributed by atoms with Crippen molar-refractivity contribution >= 4 is 17.7 Å². The monoisotopic (exact) mass is 307 g/mol. The van der Waals surface area contributed by atoms with Gasteiger partial charge in [0.2, 0.25) is 5.91 Å². The molecule has 0 atom stereocenters. The maximum atomic E-state index is 12.0. The van der Waals surface area contributed by atoms with Gasteiger partial charge in [0.05, 0.1) is 13.2 Å². The molecule has 7 heteroatoms. The minimum Gasteiger partial charge on any atom is -0.508 e. The minimum absolute atomic E-state index is 0.115. The second-order valence-corrected chi connectivity index (χ2v) is 5.06. The lowest BCUT2D eigenvalue weighted by Crippen LogP contribution is -2.50. The molecule has 0 saturated carbocycles. The van der Waals surface area contributed by atoms with Gasteiger partial charge in [-0.25, -0.2) is 4.79 Å². The standard InChI is InChI=1S/C15H21N3O4/c1-2-22-15(21)18-9-7-17(8-10-18)11-14(20)16-12-3-5-13(19)6-4-12/h3-6,19H,2,7-11H2,1H3,(H,16,20). The van der Waals surface area contributed by atoms with Crippen molar-refractivity contribution in [2.24, 2.45) is 0 Å². The molecule has 1 aliphatic rings. The number of piperazine rings is 1. The molecule has 22 heavy (non-hydrogen) atoms. The van der Waals surface area contributed by atoms with Gasteiger partial charge in [-0.3, -0.25) is 9.69 Å². The van der Waals surface area contributed by atoms with E-state index in [0.717, 1.165) is 0 Å². The Labute approximate surface area is 129 Å². The number of nitrogens with one attached hydrogen (secondary N) is 1. The number of phenols is 1. The zero-order valence-corrected chi connectivity index (χ0v) is 12.6. The highest BCUT2D eigenvalue weighted by Crippen LogP contribution is 2.13. The fourth-order valence-electron chi connectivity index (χ4n) is 2.25. The van der Waals surface area contributed by atoms with Crippen LogP contribution in [0.25, 0.3) is 0 Å². The van der Waals surface area contributed by atoms with Gasteiger partial charge < -0.3 is 20.1 Å². The number of carbonyl (C=O) groups excluding carboxylic acids is 2. The lowest BCUT2D eigenvalue weighted by Gasteiger charge is -2.33. The highest BCUT2D eigenvalue weighted by Gasteiger charge is 2.23. The Balaban J connectivity index is 1.74. The Morgan fingerprint density at radius 3 is 2.41 bits per heavy atom. The number of anilines is 1. The second-order valence-electron chi connectivity index (χ2n) is 5.06. The summed E-state index contributed by atoms with van der Waals surface area (Å²) >= 11 is 0. The summed E-state index contributed by atoms with van der Waals surface area (Å²) in [5.74, 6) is 0.0448. The Hall–Kier alpha value is -2.28. The van der Waals surface area contributed by atoms with Crippen LogP contribution < -0.4 is 5.32 Å². The van der Waals surface area contributed by atoms with Gasteiger partial charge in [0.25, 0.3) is 0 Å². The molecular formula is C15H21N3O4. The van der Waals surface area contributed by atoms with Crippen LogP contribution in [-0.2, 0) is 9.53 Å². The molecule has 1 fully saturated rings. The van der Waals surface area contributed by atoms with Crippen LogP contribution in [0.3, 0.4) is 0 Å². The molecule has 0 aromatic heterocycles. The molecule has 1 aromatic carbocycles. The number of ether oxygens (including phenoxy) is 1. The van der Waals surface area contributed by atoms with E-state index >= 15 is 0 Å². The first-order valence-corrected chi connectivity index (χ1v) is 7.31. The fourth-order valence-corrected chi connectivity index (χ4v) is 2.25. The summed E-state index contributed by atoms with van der Waals surface area (Å²) in [6, 6.07) is 6.33. The van der Waals surface area contributed by atoms with Crippen molar-refractivity contribution in [2.45, 2.75) is 6.92 Å². The highest BCUT2D eigenvalue weighted by molar-refractivity contribution is 5.92. The third kappa shape index (κ3) is 4.63. The zero-order valence-electron chi connectivity index (χ0n) is 12.6. The van der Waals surface area contributed by atoms with Crippen LogP contribution in [0.1, 0.15) is 6.92 Å². The maximum Gasteiger partial charge on any atom is 0.409 e. The molecule has 7 nitrogen and oxygen atoms in total. The Kier molecular flexibility index (Phi) is 5.60. The van der Waals surface area contributed by atoms with Gasteiger partial charge >= 0.3 is 6.09 Å². The summed E-state index contributed by atoms with van der Waals surface area (Å²) in [5.41, 5.74) is 0.646. The van der Waals surface area contributed by atoms with E-state index in [1.807, 2.05) is 4.90 Å². The van der Waals surface area contributed by atoms with E-state index in [9.17, 15) is 14.7 Å². The van der Waals surface area contributed by atoms with E-state index in [4.69, 9.17) is 4.74 Å².